The minimum absolute atomic E-state index is 0.00235. The quantitative estimate of drug-likeness (QED) is 0.342. The average Bonchev–Trinajstić information content (AvgIpc) is 3.09. The Morgan fingerprint density at radius 3 is 2.56 bits per heavy atom. The molecule has 1 aliphatic heterocycles. The Kier molecular flexibility index (Phi) is 5.74. The van der Waals surface area contributed by atoms with Crippen LogP contribution in [0.5, 0.6) is 5.75 Å². The fourth-order valence-corrected chi connectivity index (χ4v) is 3.88. The van der Waals surface area contributed by atoms with Crippen LogP contribution >= 0.6 is 12.2 Å². The van der Waals surface area contributed by atoms with Gasteiger partial charge in [-0.25, -0.2) is 0 Å². The van der Waals surface area contributed by atoms with Gasteiger partial charge in [0.1, 0.15) is 17.9 Å². The van der Waals surface area contributed by atoms with Crippen LogP contribution in [0, 0.1) is 0 Å². The number of hydrogen-bond donors (Lipinski definition) is 2. The minimum atomic E-state index is -0.589. The Balaban J connectivity index is 1.75. The Labute approximate surface area is 189 Å². The second-order valence-corrected chi connectivity index (χ2v) is 7.47. The SMILES string of the molecule is CCOc1ccc(N2C(=O)/C(=C/c3cn(CC(N)=O)c4ccccc34)C(=O)NC2=S)cc1. The van der Waals surface area contributed by atoms with E-state index in [1.54, 1.807) is 35.0 Å². The van der Waals surface area contributed by atoms with Crippen molar-refractivity contribution in [3.63, 3.8) is 0 Å². The third-order valence-corrected chi connectivity index (χ3v) is 5.24. The van der Waals surface area contributed by atoms with E-state index in [1.165, 1.54) is 11.0 Å². The van der Waals surface area contributed by atoms with E-state index in [4.69, 9.17) is 22.7 Å². The molecule has 3 aromatic rings. The fourth-order valence-electron chi connectivity index (χ4n) is 3.59. The monoisotopic (exact) mass is 448 g/mol. The molecule has 2 heterocycles. The van der Waals surface area contributed by atoms with E-state index in [0.29, 0.717) is 23.6 Å². The van der Waals surface area contributed by atoms with E-state index < -0.39 is 17.7 Å². The number of ether oxygens (including phenoxy) is 1. The van der Waals surface area contributed by atoms with Crippen LogP contribution in [0.25, 0.3) is 17.0 Å². The predicted molar refractivity (Wildman–Crippen MR) is 125 cm³/mol. The molecule has 4 rings (SSSR count). The summed E-state index contributed by atoms with van der Waals surface area (Å²) in [6, 6.07) is 14.2. The normalized spacial score (nSPS) is 15.3. The van der Waals surface area contributed by atoms with Crippen LogP contribution in [-0.4, -0.2) is 34.0 Å². The summed E-state index contributed by atoms with van der Waals surface area (Å²) in [6.07, 6.45) is 3.19. The first-order chi connectivity index (χ1) is 15.4. The van der Waals surface area contributed by atoms with Crippen LogP contribution in [-0.2, 0) is 20.9 Å². The van der Waals surface area contributed by atoms with Gasteiger partial charge in [0, 0.05) is 22.7 Å². The average molecular weight is 449 g/mol. The number of nitrogens with two attached hydrogens (primary N) is 1. The molecule has 0 unspecified atom stereocenters. The van der Waals surface area contributed by atoms with E-state index in [0.717, 1.165) is 10.9 Å². The highest BCUT2D eigenvalue weighted by atomic mass is 32.1. The number of anilines is 1. The lowest BCUT2D eigenvalue weighted by Gasteiger charge is -2.29. The van der Waals surface area contributed by atoms with Crippen LogP contribution in [0.4, 0.5) is 5.69 Å². The molecule has 3 N–H and O–H groups in total. The summed E-state index contributed by atoms with van der Waals surface area (Å²) in [5.41, 5.74) is 7.16. The third kappa shape index (κ3) is 3.97. The van der Waals surface area contributed by atoms with Crippen molar-refractivity contribution in [1.82, 2.24) is 9.88 Å². The van der Waals surface area contributed by atoms with Crippen molar-refractivity contribution in [2.24, 2.45) is 5.73 Å². The van der Waals surface area contributed by atoms with Crippen LogP contribution in [0.15, 0.2) is 60.3 Å². The van der Waals surface area contributed by atoms with E-state index in [9.17, 15) is 14.4 Å². The molecule has 0 bridgehead atoms. The Hall–Kier alpha value is -3.98. The first-order valence-electron chi connectivity index (χ1n) is 9.89. The largest absolute Gasteiger partial charge is 0.494 e. The van der Waals surface area contributed by atoms with Gasteiger partial charge in [-0.3, -0.25) is 24.6 Å². The summed E-state index contributed by atoms with van der Waals surface area (Å²) >= 11 is 5.25. The summed E-state index contributed by atoms with van der Waals surface area (Å²) in [7, 11) is 0. The number of hydrogen-bond acceptors (Lipinski definition) is 5. The smallest absolute Gasteiger partial charge is 0.270 e. The van der Waals surface area contributed by atoms with Gasteiger partial charge < -0.3 is 15.0 Å². The van der Waals surface area contributed by atoms with Gasteiger partial charge in [0.05, 0.1) is 12.3 Å². The maximum Gasteiger partial charge on any atom is 0.270 e. The lowest BCUT2D eigenvalue weighted by molar-refractivity contribution is -0.122. The minimum Gasteiger partial charge on any atom is -0.494 e. The summed E-state index contributed by atoms with van der Waals surface area (Å²) in [5, 5.41) is 3.35. The van der Waals surface area contributed by atoms with Crippen molar-refractivity contribution in [3.05, 3.63) is 65.9 Å². The molecule has 0 radical (unpaired) electrons. The Morgan fingerprint density at radius 1 is 1.16 bits per heavy atom. The number of carbonyl (C=O) groups is 3. The first-order valence-corrected chi connectivity index (χ1v) is 10.3. The molecule has 1 aliphatic rings. The lowest BCUT2D eigenvalue weighted by atomic mass is 10.1. The van der Waals surface area contributed by atoms with Crippen LogP contribution in [0.1, 0.15) is 12.5 Å². The van der Waals surface area contributed by atoms with Crippen LogP contribution in [0.2, 0.25) is 0 Å². The zero-order valence-electron chi connectivity index (χ0n) is 17.2. The number of benzene rings is 2. The molecular formula is C23H20N4O4S. The summed E-state index contributed by atoms with van der Waals surface area (Å²) in [4.78, 5) is 38.6. The molecule has 0 spiro atoms. The van der Waals surface area contributed by atoms with Gasteiger partial charge in [-0.2, -0.15) is 0 Å². The molecule has 32 heavy (non-hydrogen) atoms. The molecule has 8 nitrogen and oxygen atoms in total. The highest BCUT2D eigenvalue weighted by Crippen LogP contribution is 2.27. The summed E-state index contributed by atoms with van der Waals surface area (Å²) in [5.74, 6) is -0.972. The maximum atomic E-state index is 13.3. The molecule has 2 aromatic carbocycles. The fraction of sp³-hybridized carbons (Fsp3) is 0.130. The van der Waals surface area contributed by atoms with Gasteiger partial charge in [0.2, 0.25) is 5.91 Å². The van der Waals surface area contributed by atoms with Crippen LogP contribution in [0.3, 0.4) is 0 Å². The zero-order chi connectivity index (χ0) is 22.8. The number of nitrogens with one attached hydrogen (secondary N) is 1. The Morgan fingerprint density at radius 2 is 1.88 bits per heavy atom. The molecule has 1 saturated heterocycles. The number of thiocarbonyl (C=S) groups is 1. The third-order valence-electron chi connectivity index (χ3n) is 4.95. The first kappa shape index (κ1) is 21.3. The standard InChI is InChI=1S/C23H20N4O4S/c1-2-31-16-9-7-15(8-10-16)27-22(30)18(21(29)25-23(27)32)11-14-12-26(13-20(24)28)19-6-4-3-5-17(14)19/h3-12H,2,13H2,1H3,(H2,24,28)(H,25,29,32)/b18-11+. The number of nitrogens with zero attached hydrogens (tertiary/aromatic N) is 2. The molecule has 0 atom stereocenters. The topological polar surface area (TPSA) is 107 Å². The molecule has 1 aromatic heterocycles. The van der Waals surface area contributed by atoms with Crippen molar-refractivity contribution in [3.8, 4) is 5.75 Å². The van der Waals surface area contributed by atoms with Gasteiger partial charge in [-0.1, -0.05) is 18.2 Å². The predicted octanol–water partition coefficient (Wildman–Crippen LogP) is 2.36. The second-order valence-electron chi connectivity index (χ2n) is 7.08. The number of aromatic nitrogens is 1. The number of carbonyl (C=O) groups excluding carboxylic acids is 3. The zero-order valence-corrected chi connectivity index (χ0v) is 18.0. The maximum absolute atomic E-state index is 13.3. The molecule has 9 heteroatoms. The van der Waals surface area contributed by atoms with Crippen molar-refractivity contribution in [2.75, 3.05) is 11.5 Å². The summed E-state index contributed by atoms with van der Waals surface area (Å²) in [6.45, 7) is 2.38. The molecule has 3 amide bonds. The summed E-state index contributed by atoms with van der Waals surface area (Å²) < 4.78 is 7.12. The number of primary amides is 1. The number of amides is 3. The van der Waals surface area contributed by atoms with Crippen molar-refractivity contribution < 1.29 is 19.1 Å². The van der Waals surface area contributed by atoms with Gasteiger partial charge in [-0.15, -0.1) is 0 Å². The van der Waals surface area contributed by atoms with E-state index in [2.05, 4.69) is 5.32 Å². The van der Waals surface area contributed by atoms with Crippen LogP contribution < -0.4 is 20.7 Å². The van der Waals surface area contributed by atoms with Crippen molar-refractivity contribution >= 4 is 57.7 Å². The van der Waals surface area contributed by atoms with Gasteiger partial charge in [0.15, 0.2) is 5.11 Å². The molecular weight excluding hydrogens is 428 g/mol. The number of fused-ring (bicyclic) bond motifs is 1. The van der Waals surface area contributed by atoms with E-state index >= 15 is 0 Å². The van der Waals surface area contributed by atoms with E-state index in [-0.39, 0.29) is 17.2 Å². The molecule has 162 valence electrons. The lowest BCUT2D eigenvalue weighted by Crippen LogP contribution is -2.54. The number of rotatable bonds is 6. The van der Waals surface area contributed by atoms with Gasteiger partial charge in [0.25, 0.3) is 11.8 Å². The van der Waals surface area contributed by atoms with E-state index in [1.807, 2.05) is 31.2 Å². The molecule has 0 aliphatic carbocycles. The number of para-hydroxylation sites is 1. The van der Waals surface area contributed by atoms with Gasteiger partial charge >= 0.3 is 0 Å². The van der Waals surface area contributed by atoms with Gasteiger partial charge in [-0.05, 0) is 55.5 Å². The molecule has 0 saturated carbocycles. The Bertz CT molecular complexity index is 1280. The highest BCUT2D eigenvalue weighted by molar-refractivity contribution is 7.80. The molecule has 1 fully saturated rings. The van der Waals surface area contributed by atoms with Crippen molar-refractivity contribution in [1.29, 1.82) is 0 Å². The second kappa shape index (κ2) is 8.64. The highest BCUT2D eigenvalue weighted by Gasteiger charge is 2.34. The van der Waals surface area contributed by atoms with Crippen molar-refractivity contribution in [2.45, 2.75) is 13.5 Å².